The van der Waals surface area contributed by atoms with Gasteiger partial charge in [0.1, 0.15) is 0 Å². The van der Waals surface area contributed by atoms with Gasteiger partial charge in [0.25, 0.3) is 0 Å². The van der Waals surface area contributed by atoms with Crippen LogP contribution in [0.1, 0.15) is 11.7 Å². The highest BCUT2D eigenvalue weighted by Gasteiger charge is 2.07. The van der Waals surface area contributed by atoms with Crippen molar-refractivity contribution in [1.29, 1.82) is 0 Å². The van der Waals surface area contributed by atoms with E-state index >= 15 is 0 Å². The van der Waals surface area contributed by atoms with E-state index in [4.69, 9.17) is 16.1 Å². The quantitative estimate of drug-likeness (QED) is 0.799. The summed E-state index contributed by atoms with van der Waals surface area (Å²) in [4.78, 5) is 4.61. The van der Waals surface area contributed by atoms with E-state index in [1.165, 1.54) is 17.8 Å². The zero-order chi connectivity index (χ0) is 12.3. The maximum Gasteiger partial charge on any atom is 0.223 e. The van der Waals surface area contributed by atoms with Crippen LogP contribution in [0.3, 0.4) is 0 Å². The molecule has 1 heterocycles. The standard InChI is InChI=1S/C11H10ClFN2OS/c1-7-14-10(15-16-7)5-6-17-9-4-2-3-8(12)11(9)13/h2-4H,5-6H2,1H3. The first kappa shape index (κ1) is 12.4. The molecule has 0 aliphatic carbocycles. The normalized spacial score (nSPS) is 10.8. The van der Waals surface area contributed by atoms with E-state index in [0.717, 1.165) is 0 Å². The van der Waals surface area contributed by atoms with Gasteiger partial charge in [-0.2, -0.15) is 4.98 Å². The number of nitrogens with zero attached hydrogens (tertiary/aromatic N) is 2. The van der Waals surface area contributed by atoms with Crippen LogP contribution in [0.15, 0.2) is 27.6 Å². The number of halogens is 2. The largest absolute Gasteiger partial charge is 0.340 e. The van der Waals surface area contributed by atoms with Crippen LogP contribution in [-0.2, 0) is 6.42 Å². The Labute approximate surface area is 107 Å². The van der Waals surface area contributed by atoms with Crippen molar-refractivity contribution in [3.8, 4) is 0 Å². The predicted molar refractivity (Wildman–Crippen MR) is 64.9 cm³/mol. The number of aromatic nitrogens is 2. The fourth-order valence-corrected chi connectivity index (χ4v) is 2.44. The van der Waals surface area contributed by atoms with Gasteiger partial charge in [-0.25, -0.2) is 4.39 Å². The summed E-state index contributed by atoms with van der Waals surface area (Å²) in [5.41, 5.74) is 0. The minimum Gasteiger partial charge on any atom is -0.340 e. The lowest BCUT2D eigenvalue weighted by molar-refractivity contribution is 0.388. The van der Waals surface area contributed by atoms with Crippen molar-refractivity contribution >= 4 is 23.4 Å². The average Bonchev–Trinajstić information content (AvgIpc) is 2.70. The Bertz CT molecular complexity index is 518. The van der Waals surface area contributed by atoms with Crippen molar-refractivity contribution in [2.24, 2.45) is 0 Å². The summed E-state index contributed by atoms with van der Waals surface area (Å²) >= 11 is 7.07. The van der Waals surface area contributed by atoms with Crippen molar-refractivity contribution in [3.05, 3.63) is 40.8 Å². The monoisotopic (exact) mass is 272 g/mol. The van der Waals surface area contributed by atoms with Gasteiger partial charge in [0.2, 0.25) is 5.89 Å². The molecule has 0 spiro atoms. The van der Waals surface area contributed by atoms with Crippen LogP contribution in [0, 0.1) is 12.7 Å². The minimum absolute atomic E-state index is 0.144. The average molecular weight is 273 g/mol. The second kappa shape index (κ2) is 5.51. The maximum atomic E-state index is 13.5. The SMILES string of the molecule is Cc1nc(CCSc2cccc(Cl)c2F)no1. The summed E-state index contributed by atoms with van der Waals surface area (Å²) < 4.78 is 18.4. The van der Waals surface area contributed by atoms with Gasteiger partial charge in [0, 0.05) is 24.0 Å². The van der Waals surface area contributed by atoms with Gasteiger partial charge in [0.05, 0.1) is 5.02 Å². The van der Waals surface area contributed by atoms with Crippen molar-refractivity contribution < 1.29 is 8.91 Å². The molecule has 2 aromatic rings. The third kappa shape index (κ3) is 3.20. The third-order valence-electron chi connectivity index (χ3n) is 2.07. The molecule has 0 saturated heterocycles. The van der Waals surface area contributed by atoms with Crippen molar-refractivity contribution in [2.45, 2.75) is 18.2 Å². The molecule has 0 bridgehead atoms. The Balaban J connectivity index is 1.92. The van der Waals surface area contributed by atoms with E-state index in [2.05, 4.69) is 10.1 Å². The van der Waals surface area contributed by atoms with E-state index in [9.17, 15) is 4.39 Å². The fourth-order valence-electron chi connectivity index (χ4n) is 1.29. The molecule has 0 N–H and O–H groups in total. The summed E-state index contributed by atoms with van der Waals surface area (Å²) in [7, 11) is 0. The summed E-state index contributed by atoms with van der Waals surface area (Å²) in [6.45, 7) is 1.74. The molecule has 0 amide bonds. The van der Waals surface area contributed by atoms with Gasteiger partial charge in [-0.05, 0) is 12.1 Å². The molecule has 90 valence electrons. The summed E-state index contributed by atoms with van der Waals surface area (Å²) in [6.07, 6.45) is 0.633. The lowest BCUT2D eigenvalue weighted by Crippen LogP contribution is -1.92. The van der Waals surface area contributed by atoms with E-state index in [-0.39, 0.29) is 10.8 Å². The topological polar surface area (TPSA) is 38.9 Å². The highest BCUT2D eigenvalue weighted by molar-refractivity contribution is 7.99. The molecule has 17 heavy (non-hydrogen) atoms. The number of thioether (sulfide) groups is 1. The first-order valence-electron chi connectivity index (χ1n) is 5.03. The second-order valence-corrected chi connectivity index (χ2v) is 4.92. The van der Waals surface area contributed by atoms with E-state index in [1.54, 1.807) is 19.1 Å². The Morgan fingerprint density at radius 2 is 2.29 bits per heavy atom. The Hall–Kier alpha value is -1.07. The second-order valence-electron chi connectivity index (χ2n) is 3.38. The molecule has 0 unspecified atom stereocenters. The maximum absolute atomic E-state index is 13.5. The Morgan fingerprint density at radius 3 is 3.00 bits per heavy atom. The number of rotatable bonds is 4. The molecule has 0 aliphatic rings. The molecular weight excluding hydrogens is 263 g/mol. The molecule has 0 radical (unpaired) electrons. The van der Waals surface area contributed by atoms with Crippen LogP contribution in [-0.4, -0.2) is 15.9 Å². The highest BCUT2D eigenvalue weighted by Crippen LogP contribution is 2.26. The zero-order valence-corrected chi connectivity index (χ0v) is 10.7. The number of hydrogen-bond acceptors (Lipinski definition) is 4. The van der Waals surface area contributed by atoms with Crippen LogP contribution < -0.4 is 0 Å². The molecule has 6 heteroatoms. The molecule has 1 aromatic carbocycles. The van der Waals surface area contributed by atoms with Gasteiger partial charge in [-0.3, -0.25) is 0 Å². The molecule has 0 fully saturated rings. The molecule has 2 rings (SSSR count). The lowest BCUT2D eigenvalue weighted by Gasteiger charge is -2.02. The summed E-state index contributed by atoms with van der Waals surface area (Å²) in [5.74, 6) is 1.48. The van der Waals surface area contributed by atoms with Crippen LogP contribution in [0.25, 0.3) is 0 Å². The van der Waals surface area contributed by atoms with Gasteiger partial charge in [0.15, 0.2) is 11.6 Å². The van der Waals surface area contributed by atoms with Gasteiger partial charge < -0.3 is 4.52 Å². The smallest absolute Gasteiger partial charge is 0.223 e. The minimum atomic E-state index is -0.372. The van der Waals surface area contributed by atoms with Gasteiger partial charge in [-0.15, -0.1) is 11.8 Å². The molecular formula is C11H10ClFN2OS. The van der Waals surface area contributed by atoms with Crippen LogP contribution >= 0.6 is 23.4 Å². The third-order valence-corrected chi connectivity index (χ3v) is 3.40. The van der Waals surface area contributed by atoms with Crippen molar-refractivity contribution in [1.82, 2.24) is 10.1 Å². The summed E-state index contributed by atoms with van der Waals surface area (Å²) in [5, 5.41) is 3.91. The predicted octanol–water partition coefficient (Wildman–Crippen LogP) is 3.51. The van der Waals surface area contributed by atoms with Gasteiger partial charge in [-0.1, -0.05) is 22.8 Å². The van der Waals surface area contributed by atoms with E-state index in [1.807, 2.05) is 0 Å². The number of benzene rings is 1. The van der Waals surface area contributed by atoms with Crippen molar-refractivity contribution in [2.75, 3.05) is 5.75 Å². The zero-order valence-electron chi connectivity index (χ0n) is 9.11. The lowest BCUT2D eigenvalue weighted by atomic mass is 10.3. The first-order chi connectivity index (χ1) is 8.16. The van der Waals surface area contributed by atoms with Crippen LogP contribution in [0.2, 0.25) is 5.02 Å². The van der Waals surface area contributed by atoms with Crippen molar-refractivity contribution in [3.63, 3.8) is 0 Å². The highest BCUT2D eigenvalue weighted by atomic mass is 35.5. The molecule has 3 nitrogen and oxygen atoms in total. The Kier molecular flexibility index (Phi) is 4.02. The van der Waals surface area contributed by atoms with E-state index in [0.29, 0.717) is 28.8 Å². The fraction of sp³-hybridized carbons (Fsp3) is 0.273. The molecule has 0 saturated carbocycles. The first-order valence-corrected chi connectivity index (χ1v) is 6.39. The molecule has 1 aromatic heterocycles. The van der Waals surface area contributed by atoms with Crippen LogP contribution in [0.4, 0.5) is 4.39 Å². The molecule has 0 atom stereocenters. The summed E-state index contributed by atoms with van der Waals surface area (Å²) in [6, 6.07) is 4.96. The van der Waals surface area contributed by atoms with E-state index < -0.39 is 0 Å². The number of aryl methyl sites for hydroxylation is 2. The Morgan fingerprint density at radius 1 is 1.47 bits per heavy atom. The van der Waals surface area contributed by atoms with Crippen LogP contribution in [0.5, 0.6) is 0 Å². The number of hydrogen-bond donors (Lipinski definition) is 0. The van der Waals surface area contributed by atoms with Gasteiger partial charge >= 0.3 is 0 Å². The molecule has 0 aliphatic heterocycles.